The second-order valence-corrected chi connectivity index (χ2v) is 5.22. The van der Waals surface area contributed by atoms with E-state index < -0.39 is 5.97 Å². The molecular weight excluding hydrogens is 318 g/mol. The van der Waals surface area contributed by atoms with E-state index in [2.05, 4.69) is 0 Å². The van der Waals surface area contributed by atoms with Crippen molar-refractivity contribution in [1.82, 2.24) is 0 Å². The Hall–Kier alpha value is -2.40. The molecule has 0 heterocycles. The summed E-state index contributed by atoms with van der Waals surface area (Å²) in [5.74, 6) is 0.616. The lowest BCUT2D eigenvalue weighted by Crippen LogP contribution is -2.10. The summed E-state index contributed by atoms with van der Waals surface area (Å²) in [7, 11) is 3.07. The third-order valence-electron chi connectivity index (χ3n) is 3.32. The number of hydrogen-bond acceptors (Lipinski definition) is 5. The predicted molar refractivity (Wildman–Crippen MR) is 89.4 cm³/mol. The van der Waals surface area contributed by atoms with Gasteiger partial charge in [0.25, 0.3) is 0 Å². The van der Waals surface area contributed by atoms with Gasteiger partial charge < -0.3 is 19.9 Å². The minimum atomic E-state index is -0.503. The first-order valence-corrected chi connectivity index (χ1v) is 7.36. The van der Waals surface area contributed by atoms with Crippen LogP contribution in [-0.2, 0) is 11.2 Å². The molecule has 0 radical (unpaired) electrons. The molecule has 0 bridgehead atoms. The number of carbonyl (C=O) groups excluding carboxylic acids is 1. The number of carbonyl (C=O) groups is 1. The quantitative estimate of drug-likeness (QED) is 0.647. The summed E-state index contributed by atoms with van der Waals surface area (Å²) in [6, 6.07) is 10.5. The number of benzene rings is 2. The fourth-order valence-corrected chi connectivity index (χ4v) is 2.19. The normalized spacial score (nSPS) is 10.2. The summed E-state index contributed by atoms with van der Waals surface area (Å²) >= 11 is 5.95. The molecule has 5 nitrogen and oxygen atoms in total. The SMILES string of the molecule is COc1ccc(CCOC(=O)c2cc(Cl)c(N)cc2OC)cc1. The second-order valence-electron chi connectivity index (χ2n) is 4.81. The van der Waals surface area contributed by atoms with Crippen LogP contribution in [0, 0.1) is 0 Å². The highest BCUT2D eigenvalue weighted by molar-refractivity contribution is 6.33. The zero-order valence-corrected chi connectivity index (χ0v) is 13.7. The third-order valence-corrected chi connectivity index (χ3v) is 3.65. The first-order valence-electron chi connectivity index (χ1n) is 6.98. The number of ether oxygens (including phenoxy) is 3. The van der Waals surface area contributed by atoms with Crippen LogP contribution >= 0.6 is 11.6 Å². The molecule has 0 unspecified atom stereocenters. The topological polar surface area (TPSA) is 70.8 Å². The van der Waals surface area contributed by atoms with E-state index in [9.17, 15) is 4.79 Å². The molecule has 0 aliphatic heterocycles. The van der Waals surface area contributed by atoms with E-state index in [0.717, 1.165) is 11.3 Å². The van der Waals surface area contributed by atoms with Crippen molar-refractivity contribution in [2.24, 2.45) is 0 Å². The van der Waals surface area contributed by atoms with Gasteiger partial charge in [0.15, 0.2) is 0 Å². The van der Waals surface area contributed by atoms with Crippen molar-refractivity contribution < 1.29 is 19.0 Å². The maximum Gasteiger partial charge on any atom is 0.341 e. The third kappa shape index (κ3) is 4.29. The molecule has 122 valence electrons. The average molecular weight is 336 g/mol. The molecule has 0 atom stereocenters. The van der Waals surface area contributed by atoms with Crippen molar-refractivity contribution in [1.29, 1.82) is 0 Å². The molecule has 0 saturated carbocycles. The first kappa shape index (κ1) is 17.0. The fraction of sp³-hybridized carbons (Fsp3) is 0.235. The molecule has 2 rings (SSSR count). The van der Waals surface area contributed by atoms with Gasteiger partial charge in [0.2, 0.25) is 0 Å². The predicted octanol–water partition coefficient (Wildman–Crippen LogP) is 3.34. The molecule has 2 N–H and O–H groups in total. The summed E-state index contributed by atoms with van der Waals surface area (Å²) in [5, 5.41) is 0.285. The van der Waals surface area contributed by atoms with Gasteiger partial charge in [0.05, 0.1) is 31.5 Å². The fourth-order valence-electron chi connectivity index (χ4n) is 2.03. The van der Waals surface area contributed by atoms with Crippen LogP contribution in [0.3, 0.4) is 0 Å². The first-order chi connectivity index (χ1) is 11.0. The van der Waals surface area contributed by atoms with Crippen molar-refractivity contribution >= 4 is 23.3 Å². The van der Waals surface area contributed by atoms with E-state index in [1.807, 2.05) is 24.3 Å². The number of methoxy groups -OCH3 is 2. The summed E-state index contributed by atoms with van der Waals surface area (Å²) in [5.41, 5.74) is 7.33. The molecule has 0 aromatic heterocycles. The largest absolute Gasteiger partial charge is 0.497 e. The maximum absolute atomic E-state index is 12.2. The van der Waals surface area contributed by atoms with Gasteiger partial charge in [-0.15, -0.1) is 0 Å². The Balaban J connectivity index is 1.98. The number of nitrogen functional groups attached to an aromatic ring is 1. The van der Waals surface area contributed by atoms with Crippen LogP contribution < -0.4 is 15.2 Å². The smallest absolute Gasteiger partial charge is 0.341 e. The van der Waals surface area contributed by atoms with Crippen molar-refractivity contribution in [3.05, 3.63) is 52.5 Å². The molecule has 6 heteroatoms. The molecular formula is C17H18ClNO4. The number of esters is 1. The van der Waals surface area contributed by atoms with Gasteiger partial charge in [0.1, 0.15) is 17.1 Å². The highest BCUT2D eigenvalue weighted by Gasteiger charge is 2.16. The van der Waals surface area contributed by atoms with E-state index in [1.165, 1.54) is 19.2 Å². The van der Waals surface area contributed by atoms with Crippen LogP contribution in [0.5, 0.6) is 11.5 Å². The molecule has 0 saturated heterocycles. The van der Waals surface area contributed by atoms with Crippen LogP contribution in [0.2, 0.25) is 5.02 Å². The van der Waals surface area contributed by atoms with Crippen LogP contribution in [0.1, 0.15) is 15.9 Å². The summed E-state index contributed by atoms with van der Waals surface area (Å²) in [6.45, 7) is 0.246. The monoisotopic (exact) mass is 335 g/mol. The minimum Gasteiger partial charge on any atom is -0.497 e. The van der Waals surface area contributed by atoms with Crippen molar-refractivity contribution in [3.63, 3.8) is 0 Å². The van der Waals surface area contributed by atoms with Crippen LogP contribution in [0.15, 0.2) is 36.4 Å². The van der Waals surface area contributed by atoms with Gasteiger partial charge in [-0.1, -0.05) is 23.7 Å². The van der Waals surface area contributed by atoms with Gasteiger partial charge in [0, 0.05) is 12.5 Å². The number of nitrogens with two attached hydrogens (primary N) is 1. The highest BCUT2D eigenvalue weighted by Crippen LogP contribution is 2.29. The van der Waals surface area contributed by atoms with Crippen molar-refractivity contribution in [3.8, 4) is 11.5 Å². The van der Waals surface area contributed by atoms with E-state index >= 15 is 0 Å². The lowest BCUT2D eigenvalue weighted by molar-refractivity contribution is 0.0505. The minimum absolute atomic E-state index is 0.246. The summed E-state index contributed by atoms with van der Waals surface area (Å²) in [4.78, 5) is 12.2. The van der Waals surface area contributed by atoms with E-state index in [-0.39, 0.29) is 17.2 Å². The number of halogens is 1. The molecule has 2 aromatic rings. The van der Waals surface area contributed by atoms with Gasteiger partial charge >= 0.3 is 5.97 Å². The lowest BCUT2D eigenvalue weighted by atomic mass is 10.1. The Bertz CT molecular complexity index is 686. The molecule has 0 amide bonds. The molecule has 0 fully saturated rings. The van der Waals surface area contributed by atoms with E-state index in [4.69, 9.17) is 31.5 Å². The Labute approximate surface area is 139 Å². The van der Waals surface area contributed by atoms with Gasteiger partial charge in [-0.3, -0.25) is 0 Å². The van der Waals surface area contributed by atoms with E-state index in [0.29, 0.717) is 17.9 Å². The highest BCUT2D eigenvalue weighted by atomic mass is 35.5. The standard InChI is InChI=1S/C17H18ClNO4/c1-21-12-5-3-11(4-6-12)7-8-23-17(20)13-9-14(18)15(19)10-16(13)22-2/h3-6,9-10H,7-8,19H2,1-2H3. The number of hydrogen-bond donors (Lipinski definition) is 1. The number of rotatable bonds is 6. The summed E-state index contributed by atoms with van der Waals surface area (Å²) in [6.07, 6.45) is 0.598. The molecule has 23 heavy (non-hydrogen) atoms. The Morgan fingerprint density at radius 2 is 1.83 bits per heavy atom. The second kappa shape index (κ2) is 7.74. The lowest BCUT2D eigenvalue weighted by Gasteiger charge is -2.11. The van der Waals surface area contributed by atoms with Crippen LogP contribution in [0.25, 0.3) is 0 Å². The zero-order chi connectivity index (χ0) is 16.8. The maximum atomic E-state index is 12.2. The van der Waals surface area contributed by atoms with Gasteiger partial charge in [-0.2, -0.15) is 0 Å². The number of anilines is 1. The molecule has 2 aromatic carbocycles. The van der Waals surface area contributed by atoms with Crippen LogP contribution in [-0.4, -0.2) is 26.8 Å². The summed E-state index contributed by atoms with van der Waals surface area (Å²) < 4.78 is 15.5. The Morgan fingerprint density at radius 3 is 2.43 bits per heavy atom. The van der Waals surface area contributed by atoms with Gasteiger partial charge in [-0.25, -0.2) is 4.79 Å². The van der Waals surface area contributed by atoms with Crippen molar-refractivity contribution in [2.45, 2.75) is 6.42 Å². The van der Waals surface area contributed by atoms with E-state index in [1.54, 1.807) is 7.11 Å². The zero-order valence-electron chi connectivity index (χ0n) is 13.0. The molecule has 0 spiro atoms. The Kier molecular flexibility index (Phi) is 5.71. The molecule has 0 aliphatic carbocycles. The van der Waals surface area contributed by atoms with Crippen LogP contribution in [0.4, 0.5) is 5.69 Å². The van der Waals surface area contributed by atoms with Gasteiger partial charge in [-0.05, 0) is 23.8 Å². The Morgan fingerprint density at radius 1 is 1.13 bits per heavy atom. The van der Waals surface area contributed by atoms with Crippen molar-refractivity contribution in [2.75, 3.05) is 26.6 Å². The molecule has 0 aliphatic rings. The average Bonchev–Trinajstić information content (AvgIpc) is 2.57.